The number of hydrogen-bond donors (Lipinski definition) is 2. The van der Waals surface area contributed by atoms with Crippen molar-refractivity contribution >= 4 is 27.5 Å². The maximum atomic E-state index is 12.3. The Bertz CT molecular complexity index is 634. The molecule has 2 N–H and O–H groups in total. The number of likely N-dealkylation sites (N-methyl/N-ethyl adjacent to an activating group) is 1. The predicted molar refractivity (Wildman–Crippen MR) is 91.6 cm³/mol. The highest BCUT2D eigenvalue weighted by molar-refractivity contribution is 7.89. The molecule has 0 saturated heterocycles. The van der Waals surface area contributed by atoms with Crippen molar-refractivity contribution in [3.63, 3.8) is 0 Å². The van der Waals surface area contributed by atoms with E-state index in [1.165, 1.54) is 12.5 Å². The molecule has 0 aliphatic rings. The number of rotatable bonds is 9. The van der Waals surface area contributed by atoms with E-state index in [1.54, 1.807) is 38.1 Å². The summed E-state index contributed by atoms with van der Waals surface area (Å²) < 4.78 is 31.3. The zero-order valence-corrected chi connectivity index (χ0v) is 15.5. The minimum absolute atomic E-state index is 0.135. The Morgan fingerprint density at radius 2 is 1.92 bits per heavy atom. The molecule has 9 heteroatoms. The molecule has 24 heavy (non-hydrogen) atoms. The highest BCUT2D eigenvalue weighted by Gasteiger charge is 2.30. The van der Waals surface area contributed by atoms with Gasteiger partial charge in [-0.05, 0) is 30.2 Å². The molecule has 1 aromatic rings. The zero-order valence-electron chi connectivity index (χ0n) is 13.9. The third-order valence-corrected chi connectivity index (χ3v) is 5.77. The Labute approximate surface area is 147 Å². The van der Waals surface area contributed by atoms with E-state index in [9.17, 15) is 13.2 Å². The van der Waals surface area contributed by atoms with Crippen LogP contribution in [-0.4, -0.2) is 49.8 Å². The van der Waals surface area contributed by atoms with Gasteiger partial charge in [-0.2, -0.15) is 0 Å². The molecule has 7 nitrogen and oxygen atoms in total. The molecule has 0 radical (unpaired) electrons. The van der Waals surface area contributed by atoms with E-state index in [2.05, 4.69) is 0 Å². The number of carbonyl (C=O) groups excluding carboxylic acids is 1. The average molecular weight is 379 g/mol. The number of hydrogen-bond acceptors (Lipinski definition) is 5. The molecule has 0 aliphatic carbocycles. The zero-order chi connectivity index (χ0) is 18.3. The van der Waals surface area contributed by atoms with Crippen molar-refractivity contribution in [2.75, 3.05) is 26.0 Å². The molecule has 136 valence electrons. The number of ether oxygens (including phenoxy) is 1. The van der Waals surface area contributed by atoms with Gasteiger partial charge < -0.3 is 4.74 Å². The van der Waals surface area contributed by atoms with Gasteiger partial charge in [0.2, 0.25) is 15.9 Å². The Kier molecular flexibility index (Phi) is 7.95. The summed E-state index contributed by atoms with van der Waals surface area (Å²) >= 11 is 5.77. The van der Waals surface area contributed by atoms with Gasteiger partial charge in [-0.15, -0.1) is 0 Å². The second-order valence-electron chi connectivity index (χ2n) is 5.73. The molecule has 0 heterocycles. The van der Waals surface area contributed by atoms with Crippen LogP contribution in [0, 0.1) is 11.8 Å². The van der Waals surface area contributed by atoms with Crippen LogP contribution in [0.4, 0.5) is 0 Å². The average Bonchev–Trinajstić information content (AvgIpc) is 2.53. The Morgan fingerprint density at radius 3 is 2.42 bits per heavy atom. The Hall–Kier alpha value is -1.35. The number of halogens is 1. The normalized spacial score (nSPS) is 13.1. The van der Waals surface area contributed by atoms with Crippen LogP contribution in [0.3, 0.4) is 0 Å². The van der Waals surface area contributed by atoms with Crippen molar-refractivity contribution in [1.82, 2.24) is 9.79 Å². The predicted octanol–water partition coefficient (Wildman–Crippen LogP) is 1.76. The van der Waals surface area contributed by atoms with E-state index in [0.717, 1.165) is 4.31 Å². The van der Waals surface area contributed by atoms with Gasteiger partial charge in [0.05, 0.1) is 11.7 Å². The summed E-state index contributed by atoms with van der Waals surface area (Å²) in [7, 11) is -2.24. The SMILES string of the molecule is CC(C)C(CS(=O)(=O)N(C)CCOc1ccc(Cl)cc1)C(=O)NO. The van der Waals surface area contributed by atoms with E-state index in [1.807, 2.05) is 0 Å². The second-order valence-corrected chi connectivity index (χ2v) is 8.29. The molecule has 1 amide bonds. The van der Waals surface area contributed by atoms with Crippen molar-refractivity contribution in [1.29, 1.82) is 0 Å². The van der Waals surface area contributed by atoms with Crippen LogP contribution < -0.4 is 10.2 Å². The van der Waals surface area contributed by atoms with Crippen molar-refractivity contribution < 1.29 is 23.2 Å². The minimum atomic E-state index is -3.66. The number of amides is 1. The number of nitrogens with zero attached hydrogens (tertiary/aromatic N) is 1. The molecular weight excluding hydrogens is 356 g/mol. The monoisotopic (exact) mass is 378 g/mol. The van der Waals surface area contributed by atoms with Gasteiger partial charge in [0.15, 0.2) is 0 Å². The Morgan fingerprint density at radius 1 is 1.33 bits per heavy atom. The molecule has 0 saturated carbocycles. The van der Waals surface area contributed by atoms with E-state index in [0.29, 0.717) is 10.8 Å². The smallest absolute Gasteiger partial charge is 0.247 e. The topological polar surface area (TPSA) is 95.9 Å². The van der Waals surface area contributed by atoms with Crippen LogP contribution >= 0.6 is 11.6 Å². The first-order valence-electron chi connectivity index (χ1n) is 7.43. The summed E-state index contributed by atoms with van der Waals surface area (Å²) in [6, 6.07) is 6.74. The molecule has 0 bridgehead atoms. The molecule has 1 atom stereocenters. The standard InChI is InChI=1S/C15H23ClN2O5S/c1-11(2)14(15(19)17-20)10-24(21,22)18(3)8-9-23-13-6-4-12(16)5-7-13/h4-7,11,14,20H,8-10H2,1-3H3,(H,17,19). The minimum Gasteiger partial charge on any atom is -0.492 e. The third kappa shape index (κ3) is 6.27. The van der Waals surface area contributed by atoms with Crippen LogP contribution in [0.25, 0.3) is 0 Å². The number of sulfonamides is 1. The fraction of sp³-hybridized carbons (Fsp3) is 0.533. The van der Waals surface area contributed by atoms with Crippen LogP contribution in [0.15, 0.2) is 24.3 Å². The van der Waals surface area contributed by atoms with Gasteiger partial charge in [-0.3, -0.25) is 10.0 Å². The maximum Gasteiger partial charge on any atom is 0.247 e. The Balaban J connectivity index is 2.59. The van der Waals surface area contributed by atoms with Gasteiger partial charge in [0, 0.05) is 18.6 Å². The molecular formula is C15H23ClN2O5S. The van der Waals surface area contributed by atoms with Crippen molar-refractivity contribution in [3.8, 4) is 5.75 Å². The summed E-state index contributed by atoms with van der Waals surface area (Å²) in [6.07, 6.45) is 0. The lowest BCUT2D eigenvalue weighted by atomic mass is 9.97. The molecule has 1 rings (SSSR count). The van der Waals surface area contributed by atoms with Crippen molar-refractivity contribution in [3.05, 3.63) is 29.3 Å². The van der Waals surface area contributed by atoms with Crippen molar-refractivity contribution in [2.24, 2.45) is 11.8 Å². The quantitative estimate of drug-likeness (QED) is 0.504. The largest absolute Gasteiger partial charge is 0.492 e. The maximum absolute atomic E-state index is 12.3. The van der Waals surface area contributed by atoms with E-state index < -0.39 is 21.8 Å². The first kappa shape index (κ1) is 20.7. The summed E-state index contributed by atoms with van der Waals surface area (Å²) in [5.74, 6) is -1.57. The highest BCUT2D eigenvalue weighted by atomic mass is 35.5. The number of hydroxylamine groups is 1. The first-order valence-corrected chi connectivity index (χ1v) is 9.42. The van der Waals surface area contributed by atoms with Gasteiger partial charge in [-0.1, -0.05) is 25.4 Å². The van der Waals surface area contributed by atoms with Gasteiger partial charge in [-0.25, -0.2) is 18.2 Å². The van der Waals surface area contributed by atoms with Gasteiger partial charge in [0.1, 0.15) is 12.4 Å². The summed E-state index contributed by atoms with van der Waals surface area (Å²) in [5.41, 5.74) is 1.52. The molecule has 1 unspecified atom stereocenters. The number of benzene rings is 1. The van der Waals surface area contributed by atoms with Crippen molar-refractivity contribution in [2.45, 2.75) is 13.8 Å². The highest BCUT2D eigenvalue weighted by Crippen LogP contribution is 2.17. The van der Waals surface area contributed by atoms with Crippen LogP contribution in [0.2, 0.25) is 5.02 Å². The summed E-state index contributed by atoms with van der Waals surface area (Å²) in [6.45, 7) is 3.74. The number of carbonyl (C=O) groups is 1. The third-order valence-electron chi connectivity index (χ3n) is 3.61. The lowest BCUT2D eigenvalue weighted by Crippen LogP contribution is -2.41. The summed E-state index contributed by atoms with van der Waals surface area (Å²) in [5, 5.41) is 9.33. The van der Waals surface area contributed by atoms with Crippen LogP contribution in [0.1, 0.15) is 13.8 Å². The number of nitrogens with one attached hydrogen (secondary N) is 1. The van der Waals surface area contributed by atoms with Gasteiger partial charge in [0.25, 0.3) is 0 Å². The molecule has 1 aromatic carbocycles. The fourth-order valence-electron chi connectivity index (χ4n) is 1.97. The lowest BCUT2D eigenvalue weighted by molar-refractivity contribution is -0.134. The van der Waals surface area contributed by atoms with Crippen LogP contribution in [-0.2, 0) is 14.8 Å². The van der Waals surface area contributed by atoms with Crippen LogP contribution in [0.5, 0.6) is 5.75 Å². The molecule has 0 fully saturated rings. The van der Waals surface area contributed by atoms with E-state index in [-0.39, 0.29) is 24.8 Å². The van der Waals surface area contributed by atoms with E-state index in [4.69, 9.17) is 21.5 Å². The lowest BCUT2D eigenvalue weighted by Gasteiger charge is -2.23. The summed E-state index contributed by atoms with van der Waals surface area (Å²) in [4.78, 5) is 11.6. The van der Waals surface area contributed by atoms with Gasteiger partial charge >= 0.3 is 0 Å². The molecule has 0 aromatic heterocycles. The second kappa shape index (κ2) is 9.22. The van der Waals surface area contributed by atoms with E-state index >= 15 is 0 Å². The first-order chi connectivity index (χ1) is 11.2. The fourth-order valence-corrected chi connectivity index (χ4v) is 3.69. The molecule has 0 spiro atoms. The molecule has 0 aliphatic heterocycles.